The summed E-state index contributed by atoms with van der Waals surface area (Å²) in [7, 11) is 0. The van der Waals surface area contributed by atoms with E-state index in [1.54, 1.807) is 0 Å². The standard InChI is InChI=1S/C11H9FN2O2/c12-11(6-14(7-11)10(15)16)9-3-1-8(5-13)2-4-9/h1-4H,6-7H2,(H,15,16). The molecule has 1 aromatic carbocycles. The molecule has 0 bridgehead atoms. The lowest BCUT2D eigenvalue weighted by molar-refractivity contribution is -0.0238. The Bertz CT molecular complexity index is 458. The van der Waals surface area contributed by atoms with Crippen LogP contribution < -0.4 is 0 Å². The predicted molar refractivity (Wildman–Crippen MR) is 53.5 cm³/mol. The van der Waals surface area contributed by atoms with Crippen LogP contribution in [-0.2, 0) is 5.67 Å². The molecule has 0 radical (unpaired) electrons. The Kier molecular flexibility index (Phi) is 2.27. The maximum Gasteiger partial charge on any atom is 0.407 e. The number of amides is 1. The summed E-state index contributed by atoms with van der Waals surface area (Å²) >= 11 is 0. The second-order valence-electron chi connectivity index (χ2n) is 3.79. The summed E-state index contributed by atoms with van der Waals surface area (Å²) < 4.78 is 14.1. The zero-order valence-electron chi connectivity index (χ0n) is 8.35. The maximum atomic E-state index is 14.1. The number of carbonyl (C=O) groups is 1. The van der Waals surface area contributed by atoms with Crippen LogP contribution in [0.15, 0.2) is 24.3 Å². The van der Waals surface area contributed by atoms with Crippen LogP contribution in [0.3, 0.4) is 0 Å². The zero-order chi connectivity index (χ0) is 11.8. The normalized spacial score (nSPS) is 17.4. The van der Waals surface area contributed by atoms with E-state index in [4.69, 9.17) is 10.4 Å². The minimum atomic E-state index is -1.60. The third-order valence-electron chi connectivity index (χ3n) is 2.68. The molecule has 1 heterocycles. The number of likely N-dealkylation sites (tertiary alicyclic amines) is 1. The summed E-state index contributed by atoms with van der Waals surface area (Å²) in [6.07, 6.45) is -1.11. The van der Waals surface area contributed by atoms with E-state index < -0.39 is 11.8 Å². The molecule has 1 amide bonds. The molecule has 1 fully saturated rings. The molecule has 1 N–H and O–H groups in total. The summed E-state index contributed by atoms with van der Waals surface area (Å²) in [6.45, 7) is -0.289. The van der Waals surface area contributed by atoms with Crippen LogP contribution in [0.1, 0.15) is 11.1 Å². The minimum absolute atomic E-state index is 0.145. The van der Waals surface area contributed by atoms with E-state index >= 15 is 0 Å². The van der Waals surface area contributed by atoms with Gasteiger partial charge in [-0.1, -0.05) is 12.1 Å². The third kappa shape index (κ3) is 1.58. The molecular formula is C11H9FN2O2. The van der Waals surface area contributed by atoms with Crippen molar-refractivity contribution in [3.8, 4) is 6.07 Å². The molecular weight excluding hydrogens is 211 g/mol. The van der Waals surface area contributed by atoms with Gasteiger partial charge in [0.25, 0.3) is 0 Å². The molecule has 5 heteroatoms. The van der Waals surface area contributed by atoms with Gasteiger partial charge in [0.15, 0.2) is 5.67 Å². The van der Waals surface area contributed by atoms with Crippen molar-refractivity contribution in [1.82, 2.24) is 4.90 Å². The van der Waals surface area contributed by atoms with E-state index in [1.165, 1.54) is 24.3 Å². The number of hydrogen-bond acceptors (Lipinski definition) is 2. The molecule has 1 saturated heterocycles. The van der Waals surface area contributed by atoms with Crippen molar-refractivity contribution < 1.29 is 14.3 Å². The molecule has 0 spiro atoms. The summed E-state index contributed by atoms with van der Waals surface area (Å²) in [5.41, 5.74) is -0.724. The largest absolute Gasteiger partial charge is 0.465 e. The van der Waals surface area contributed by atoms with Gasteiger partial charge in [0.2, 0.25) is 0 Å². The molecule has 4 nitrogen and oxygen atoms in total. The minimum Gasteiger partial charge on any atom is -0.465 e. The van der Waals surface area contributed by atoms with Crippen molar-refractivity contribution in [1.29, 1.82) is 5.26 Å². The highest BCUT2D eigenvalue weighted by molar-refractivity contribution is 5.67. The number of benzene rings is 1. The second kappa shape index (κ2) is 3.49. The van der Waals surface area contributed by atoms with Gasteiger partial charge in [0.05, 0.1) is 24.7 Å². The number of nitrogens with zero attached hydrogens (tertiary/aromatic N) is 2. The summed E-state index contributed by atoms with van der Waals surface area (Å²) in [5.74, 6) is 0. The molecule has 2 rings (SSSR count). The zero-order valence-corrected chi connectivity index (χ0v) is 8.35. The molecule has 1 aliphatic heterocycles. The van der Waals surface area contributed by atoms with Crippen LogP contribution in [0.4, 0.5) is 9.18 Å². The van der Waals surface area contributed by atoms with Gasteiger partial charge < -0.3 is 10.0 Å². The smallest absolute Gasteiger partial charge is 0.407 e. The van der Waals surface area contributed by atoms with Gasteiger partial charge in [-0.15, -0.1) is 0 Å². The molecule has 1 aromatic rings. The number of nitriles is 1. The first-order valence-corrected chi connectivity index (χ1v) is 4.72. The molecule has 0 aliphatic carbocycles. The van der Waals surface area contributed by atoms with Crippen molar-refractivity contribution in [3.05, 3.63) is 35.4 Å². The molecule has 0 saturated carbocycles. The van der Waals surface area contributed by atoms with E-state index in [-0.39, 0.29) is 13.1 Å². The molecule has 0 unspecified atom stereocenters. The Labute approximate surface area is 91.5 Å². The highest BCUT2D eigenvalue weighted by atomic mass is 19.1. The van der Waals surface area contributed by atoms with Crippen molar-refractivity contribution >= 4 is 6.09 Å². The predicted octanol–water partition coefficient (Wildman–Crippen LogP) is 1.72. The van der Waals surface area contributed by atoms with Crippen molar-refractivity contribution in [2.45, 2.75) is 5.67 Å². The van der Waals surface area contributed by atoms with Crippen LogP contribution in [0, 0.1) is 11.3 Å². The molecule has 0 aromatic heterocycles. The van der Waals surface area contributed by atoms with Gasteiger partial charge in [-0.3, -0.25) is 0 Å². The first-order valence-electron chi connectivity index (χ1n) is 4.72. The number of alkyl halides is 1. The van der Waals surface area contributed by atoms with Crippen LogP contribution in [-0.4, -0.2) is 29.2 Å². The lowest BCUT2D eigenvalue weighted by Crippen LogP contribution is -2.58. The highest BCUT2D eigenvalue weighted by Crippen LogP contribution is 2.35. The third-order valence-corrected chi connectivity index (χ3v) is 2.68. The van der Waals surface area contributed by atoms with Crippen molar-refractivity contribution in [2.75, 3.05) is 13.1 Å². The van der Waals surface area contributed by atoms with Gasteiger partial charge in [-0.2, -0.15) is 5.26 Å². The van der Waals surface area contributed by atoms with Crippen molar-refractivity contribution in [2.24, 2.45) is 0 Å². The van der Waals surface area contributed by atoms with Gasteiger partial charge >= 0.3 is 6.09 Å². The SMILES string of the molecule is N#Cc1ccc(C2(F)CN(C(=O)O)C2)cc1. The fraction of sp³-hybridized carbons (Fsp3) is 0.273. The first-order chi connectivity index (χ1) is 7.55. The Hall–Kier alpha value is -2.09. The number of carboxylic acid groups (broad SMARTS) is 1. The van der Waals surface area contributed by atoms with Crippen LogP contribution in [0.25, 0.3) is 0 Å². The Morgan fingerprint density at radius 1 is 1.44 bits per heavy atom. The summed E-state index contributed by atoms with van der Waals surface area (Å²) in [4.78, 5) is 11.5. The Morgan fingerprint density at radius 2 is 2.00 bits per heavy atom. The fourth-order valence-corrected chi connectivity index (χ4v) is 1.72. The topological polar surface area (TPSA) is 64.3 Å². The monoisotopic (exact) mass is 220 g/mol. The first kappa shape index (κ1) is 10.4. The van der Waals surface area contributed by atoms with Gasteiger partial charge in [0, 0.05) is 0 Å². The van der Waals surface area contributed by atoms with E-state index in [2.05, 4.69) is 0 Å². The Balaban J connectivity index is 2.14. The lowest BCUT2D eigenvalue weighted by atomic mass is 9.88. The van der Waals surface area contributed by atoms with Crippen LogP contribution >= 0.6 is 0 Å². The number of halogens is 1. The summed E-state index contributed by atoms with van der Waals surface area (Å²) in [5, 5.41) is 17.2. The van der Waals surface area contributed by atoms with E-state index in [0.29, 0.717) is 11.1 Å². The lowest BCUT2D eigenvalue weighted by Gasteiger charge is -2.42. The van der Waals surface area contributed by atoms with Gasteiger partial charge in [-0.25, -0.2) is 9.18 Å². The Morgan fingerprint density at radius 3 is 2.44 bits per heavy atom. The van der Waals surface area contributed by atoms with E-state index in [1.807, 2.05) is 6.07 Å². The second-order valence-corrected chi connectivity index (χ2v) is 3.79. The number of rotatable bonds is 1. The molecule has 1 aliphatic rings. The average Bonchev–Trinajstić information content (AvgIpc) is 2.24. The van der Waals surface area contributed by atoms with E-state index in [9.17, 15) is 9.18 Å². The number of hydrogen-bond donors (Lipinski definition) is 1. The summed E-state index contributed by atoms with van der Waals surface area (Å²) in [6, 6.07) is 8.05. The molecule has 16 heavy (non-hydrogen) atoms. The molecule has 0 atom stereocenters. The van der Waals surface area contributed by atoms with Gasteiger partial charge in [0.1, 0.15) is 0 Å². The fourth-order valence-electron chi connectivity index (χ4n) is 1.72. The van der Waals surface area contributed by atoms with Crippen molar-refractivity contribution in [3.63, 3.8) is 0 Å². The average molecular weight is 220 g/mol. The highest BCUT2D eigenvalue weighted by Gasteiger charge is 2.47. The maximum absolute atomic E-state index is 14.1. The molecule has 82 valence electrons. The van der Waals surface area contributed by atoms with Crippen LogP contribution in [0.2, 0.25) is 0 Å². The van der Waals surface area contributed by atoms with Crippen LogP contribution in [0.5, 0.6) is 0 Å². The van der Waals surface area contributed by atoms with Gasteiger partial charge in [-0.05, 0) is 17.7 Å². The quantitative estimate of drug-likeness (QED) is 0.783. The van der Waals surface area contributed by atoms with E-state index in [0.717, 1.165) is 4.90 Å².